The van der Waals surface area contributed by atoms with Crippen LogP contribution in [-0.4, -0.2) is 10.9 Å². The Kier molecular flexibility index (Phi) is 3.17. The molecule has 0 bridgehead atoms. The Hall–Kier alpha value is -2.17. The number of esters is 1. The molecule has 0 saturated heterocycles. The summed E-state index contributed by atoms with van der Waals surface area (Å²) in [4.78, 5) is 21.2. The van der Waals surface area contributed by atoms with Gasteiger partial charge in [0.25, 0.3) is 5.69 Å². The average molecular weight is 207 g/mol. The van der Waals surface area contributed by atoms with Gasteiger partial charge < -0.3 is 4.74 Å². The zero-order valence-electron chi connectivity index (χ0n) is 8.10. The fourth-order valence-corrected chi connectivity index (χ4v) is 0.964. The van der Waals surface area contributed by atoms with Crippen molar-refractivity contribution < 1.29 is 14.5 Å². The highest BCUT2D eigenvalue weighted by Crippen LogP contribution is 2.14. The number of nitrogens with zero attached hydrogens (tertiary/aromatic N) is 1. The number of benzene rings is 1. The Morgan fingerprint density at radius 3 is 2.73 bits per heavy atom. The number of hydrogen-bond donors (Lipinski definition) is 0. The maximum Gasteiger partial charge on any atom is 0.343 e. The zero-order valence-corrected chi connectivity index (χ0v) is 8.10. The maximum absolute atomic E-state index is 11.3. The van der Waals surface area contributed by atoms with E-state index in [0.717, 1.165) is 6.07 Å². The third kappa shape index (κ3) is 2.91. The number of allylic oxidation sites excluding steroid dienone is 1. The summed E-state index contributed by atoms with van der Waals surface area (Å²) in [6, 6.07) is 5.33. The van der Waals surface area contributed by atoms with Crippen LogP contribution in [0.3, 0.4) is 0 Å². The Morgan fingerprint density at radius 1 is 1.53 bits per heavy atom. The van der Waals surface area contributed by atoms with Crippen LogP contribution in [0.4, 0.5) is 5.69 Å². The highest BCUT2D eigenvalue weighted by molar-refractivity contribution is 5.90. The summed E-state index contributed by atoms with van der Waals surface area (Å²) in [6.07, 6.45) is 0. The second-order valence-corrected chi connectivity index (χ2v) is 2.90. The van der Waals surface area contributed by atoms with Crippen molar-refractivity contribution in [2.75, 3.05) is 0 Å². The molecule has 0 saturated carbocycles. The molecule has 1 aromatic rings. The molecule has 0 spiro atoms. The normalized spacial score (nSPS) is 9.40. The molecule has 0 amide bonds. The van der Waals surface area contributed by atoms with Crippen molar-refractivity contribution in [3.05, 3.63) is 52.3 Å². The van der Waals surface area contributed by atoms with Crippen molar-refractivity contribution in [1.29, 1.82) is 0 Å². The number of rotatable bonds is 3. The fraction of sp³-hybridized carbons (Fsp3) is 0.100. The van der Waals surface area contributed by atoms with E-state index in [1.54, 1.807) is 0 Å². The molecule has 0 fully saturated rings. The van der Waals surface area contributed by atoms with Crippen LogP contribution in [0.1, 0.15) is 17.3 Å². The number of carbonyl (C=O) groups excluding carboxylic acids is 1. The van der Waals surface area contributed by atoms with E-state index in [2.05, 4.69) is 6.58 Å². The van der Waals surface area contributed by atoms with E-state index in [4.69, 9.17) is 4.74 Å². The van der Waals surface area contributed by atoms with E-state index in [0.29, 0.717) is 0 Å². The lowest BCUT2D eigenvalue weighted by Gasteiger charge is -2.02. The summed E-state index contributed by atoms with van der Waals surface area (Å²) in [5, 5.41) is 10.4. The van der Waals surface area contributed by atoms with E-state index in [9.17, 15) is 14.9 Å². The number of hydrogen-bond acceptors (Lipinski definition) is 4. The van der Waals surface area contributed by atoms with Gasteiger partial charge in [-0.1, -0.05) is 12.6 Å². The third-order valence-electron chi connectivity index (χ3n) is 1.56. The van der Waals surface area contributed by atoms with Crippen LogP contribution in [0.2, 0.25) is 0 Å². The van der Waals surface area contributed by atoms with Crippen LogP contribution < -0.4 is 0 Å². The molecule has 0 unspecified atom stereocenters. The molecule has 0 aliphatic carbocycles. The van der Waals surface area contributed by atoms with E-state index >= 15 is 0 Å². The number of carbonyl (C=O) groups is 1. The molecule has 78 valence electrons. The summed E-state index contributed by atoms with van der Waals surface area (Å²) < 4.78 is 4.72. The third-order valence-corrected chi connectivity index (χ3v) is 1.56. The Morgan fingerprint density at radius 2 is 2.20 bits per heavy atom. The Balaban J connectivity index is 2.95. The SMILES string of the molecule is C=C(C)OC(=O)c1cccc([N+](=O)[O-])c1. The quantitative estimate of drug-likeness (QED) is 0.330. The van der Waals surface area contributed by atoms with Crippen LogP contribution in [0.5, 0.6) is 0 Å². The van der Waals surface area contributed by atoms with E-state index in [1.807, 2.05) is 0 Å². The number of nitro benzene ring substituents is 1. The first-order valence-corrected chi connectivity index (χ1v) is 4.13. The van der Waals surface area contributed by atoms with Gasteiger partial charge in [0.2, 0.25) is 0 Å². The minimum atomic E-state index is -0.647. The van der Waals surface area contributed by atoms with Gasteiger partial charge in [-0.25, -0.2) is 4.79 Å². The minimum absolute atomic E-state index is 0.132. The molecule has 0 aromatic heterocycles. The summed E-state index contributed by atoms with van der Waals surface area (Å²) >= 11 is 0. The van der Waals surface area contributed by atoms with Crippen molar-refractivity contribution in [2.24, 2.45) is 0 Å². The van der Waals surface area contributed by atoms with Crippen LogP contribution in [0, 0.1) is 10.1 Å². The van der Waals surface area contributed by atoms with Crippen LogP contribution >= 0.6 is 0 Å². The van der Waals surface area contributed by atoms with Crippen molar-refractivity contribution in [1.82, 2.24) is 0 Å². The van der Waals surface area contributed by atoms with E-state index < -0.39 is 10.9 Å². The molecular weight excluding hydrogens is 198 g/mol. The second kappa shape index (κ2) is 4.36. The molecule has 0 aliphatic rings. The molecule has 0 heterocycles. The predicted molar refractivity (Wildman–Crippen MR) is 53.3 cm³/mol. The molecule has 15 heavy (non-hydrogen) atoms. The van der Waals surface area contributed by atoms with Crippen LogP contribution in [-0.2, 0) is 4.74 Å². The summed E-state index contributed by atoms with van der Waals surface area (Å²) in [6.45, 7) is 4.92. The van der Waals surface area contributed by atoms with Gasteiger partial charge in [-0.15, -0.1) is 0 Å². The lowest BCUT2D eigenvalue weighted by atomic mass is 10.2. The zero-order chi connectivity index (χ0) is 11.4. The van der Waals surface area contributed by atoms with Gasteiger partial charge >= 0.3 is 5.97 Å². The van der Waals surface area contributed by atoms with E-state index in [1.165, 1.54) is 25.1 Å². The summed E-state index contributed by atoms with van der Waals surface area (Å²) in [5.41, 5.74) is -0.0154. The molecule has 5 heteroatoms. The first-order valence-electron chi connectivity index (χ1n) is 4.13. The van der Waals surface area contributed by atoms with Gasteiger partial charge in [-0.05, 0) is 13.0 Å². The largest absolute Gasteiger partial charge is 0.428 e. The molecule has 0 radical (unpaired) electrons. The molecular formula is C10H9NO4. The lowest BCUT2D eigenvalue weighted by Crippen LogP contribution is -2.03. The molecule has 0 aliphatic heterocycles. The maximum atomic E-state index is 11.3. The molecule has 1 rings (SSSR count). The van der Waals surface area contributed by atoms with Gasteiger partial charge in [0, 0.05) is 12.1 Å². The predicted octanol–water partition coefficient (Wildman–Crippen LogP) is 2.29. The van der Waals surface area contributed by atoms with Crippen molar-refractivity contribution in [3.63, 3.8) is 0 Å². The van der Waals surface area contributed by atoms with Gasteiger partial charge in [0.15, 0.2) is 0 Å². The fourth-order valence-electron chi connectivity index (χ4n) is 0.964. The number of non-ortho nitro benzene ring substituents is 1. The Labute approximate surface area is 86.1 Å². The lowest BCUT2D eigenvalue weighted by molar-refractivity contribution is -0.384. The van der Waals surface area contributed by atoms with Gasteiger partial charge in [-0.3, -0.25) is 10.1 Å². The smallest absolute Gasteiger partial charge is 0.343 e. The average Bonchev–Trinajstić information content (AvgIpc) is 2.17. The van der Waals surface area contributed by atoms with Crippen molar-refractivity contribution >= 4 is 11.7 Å². The number of ether oxygens (including phenoxy) is 1. The standard InChI is InChI=1S/C10H9NO4/c1-7(2)15-10(12)8-4-3-5-9(6-8)11(13)14/h3-6H,1H2,2H3. The van der Waals surface area contributed by atoms with Gasteiger partial charge in [0.05, 0.1) is 16.2 Å². The second-order valence-electron chi connectivity index (χ2n) is 2.90. The van der Waals surface area contributed by atoms with Crippen LogP contribution in [0.15, 0.2) is 36.6 Å². The van der Waals surface area contributed by atoms with Gasteiger partial charge in [-0.2, -0.15) is 0 Å². The molecule has 0 N–H and O–H groups in total. The van der Waals surface area contributed by atoms with E-state index in [-0.39, 0.29) is 17.0 Å². The molecule has 5 nitrogen and oxygen atoms in total. The highest BCUT2D eigenvalue weighted by atomic mass is 16.6. The highest BCUT2D eigenvalue weighted by Gasteiger charge is 2.12. The first kappa shape index (κ1) is 10.9. The number of nitro groups is 1. The van der Waals surface area contributed by atoms with Crippen molar-refractivity contribution in [2.45, 2.75) is 6.92 Å². The molecule has 1 aromatic carbocycles. The minimum Gasteiger partial charge on any atom is -0.428 e. The monoisotopic (exact) mass is 207 g/mol. The topological polar surface area (TPSA) is 69.4 Å². The summed E-state index contributed by atoms with van der Waals surface area (Å²) in [5.74, 6) is -0.405. The first-order chi connectivity index (χ1) is 7.00. The Bertz CT molecular complexity index is 425. The van der Waals surface area contributed by atoms with Crippen molar-refractivity contribution in [3.8, 4) is 0 Å². The van der Waals surface area contributed by atoms with Crippen LogP contribution in [0.25, 0.3) is 0 Å². The molecule has 0 atom stereocenters. The van der Waals surface area contributed by atoms with Gasteiger partial charge in [0.1, 0.15) is 0 Å². The summed E-state index contributed by atoms with van der Waals surface area (Å²) in [7, 11) is 0.